The molecule has 4 heterocycles. The Bertz CT molecular complexity index is 1430. The van der Waals surface area contributed by atoms with Crippen LogP contribution in [0.1, 0.15) is 44.8 Å². The van der Waals surface area contributed by atoms with Crippen LogP contribution in [0.15, 0.2) is 28.6 Å². The highest BCUT2D eigenvalue weighted by atomic mass is 16.5. The predicted octanol–water partition coefficient (Wildman–Crippen LogP) is 3.12. The molecule has 0 spiro atoms. The fraction of sp³-hybridized carbons (Fsp3) is 0.500. The number of nitrogens with zero attached hydrogens (tertiary/aromatic N) is 6. The van der Waals surface area contributed by atoms with Crippen molar-refractivity contribution in [2.75, 3.05) is 26.8 Å². The van der Waals surface area contributed by atoms with Gasteiger partial charge in [0.05, 0.1) is 58.9 Å². The SMILES string of the molecule is CCO/C(N)=C1\C=C\c2[nH]nc3c(C)nc(cc23)-c2c(C)nn(C)c2O[C@H](C)[C@@H](C)N(C)CC1=N[C@@H](C)CO. The number of rotatable bonds is 4. The molecule has 2 bridgehead atoms. The summed E-state index contributed by atoms with van der Waals surface area (Å²) >= 11 is 0. The molecule has 0 aromatic carbocycles. The average Bonchev–Trinajstić information content (AvgIpc) is 3.42. The smallest absolute Gasteiger partial charge is 0.221 e. The maximum absolute atomic E-state index is 9.80. The van der Waals surface area contributed by atoms with Gasteiger partial charge in [-0.25, -0.2) is 4.68 Å². The Hall–Kier alpha value is -3.70. The van der Waals surface area contributed by atoms with Crippen LogP contribution in [-0.2, 0) is 11.8 Å². The summed E-state index contributed by atoms with van der Waals surface area (Å²) in [6, 6.07) is 1.68. The van der Waals surface area contributed by atoms with Gasteiger partial charge in [0.15, 0.2) is 5.88 Å². The van der Waals surface area contributed by atoms with Crippen LogP contribution >= 0.6 is 0 Å². The second-order valence-electron chi connectivity index (χ2n) is 10.1. The molecule has 1 aliphatic rings. The molecule has 3 atom stereocenters. The van der Waals surface area contributed by atoms with Crippen LogP contribution in [-0.4, -0.2) is 85.7 Å². The lowest BCUT2D eigenvalue weighted by molar-refractivity contribution is 0.107. The zero-order valence-corrected chi connectivity index (χ0v) is 24.1. The minimum absolute atomic E-state index is 0.0135. The number of aromatic amines is 1. The Labute approximate surface area is 229 Å². The number of hydrogen-bond acceptors (Lipinski definition) is 9. The van der Waals surface area contributed by atoms with Crippen molar-refractivity contribution < 1.29 is 14.6 Å². The van der Waals surface area contributed by atoms with Gasteiger partial charge in [0.1, 0.15) is 11.6 Å². The number of hydrogen-bond donors (Lipinski definition) is 3. The van der Waals surface area contributed by atoms with Crippen LogP contribution < -0.4 is 10.5 Å². The molecule has 0 unspecified atom stereocenters. The summed E-state index contributed by atoms with van der Waals surface area (Å²) in [7, 11) is 3.90. The van der Waals surface area contributed by atoms with Crippen molar-refractivity contribution in [3.05, 3.63) is 40.7 Å². The van der Waals surface area contributed by atoms with Crippen molar-refractivity contribution in [1.29, 1.82) is 0 Å². The summed E-state index contributed by atoms with van der Waals surface area (Å²) < 4.78 is 14.1. The molecule has 0 saturated heterocycles. The van der Waals surface area contributed by atoms with Gasteiger partial charge in [0.2, 0.25) is 5.88 Å². The van der Waals surface area contributed by atoms with E-state index in [9.17, 15) is 5.11 Å². The number of aliphatic hydroxyl groups is 1. The zero-order valence-electron chi connectivity index (χ0n) is 24.1. The minimum atomic E-state index is -0.318. The number of aryl methyl sites for hydroxylation is 3. The molecule has 4 N–H and O–H groups in total. The number of fused-ring (bicyclic) bond motifs is 3. The van der Waals surface area contributed by atoms with Crippen LogP contribution in [0, 0.1) is 13.8 Å². The normalized spacial score (nSPS) is 22.7. The molecule has 3 aromatic rings. The Morgan fingerprint density at radius 2 is 2.03 bits per heavy atom. The van der Waals surface area contributed by atoms with Crippen molar-refractivity contribution in [2.24, 2.45) is 17.8 Å². The van der Waals surface area contributed by atoms with Gasteiger partial charge in [-0.3, -0.25) is 20.0 Å². The Morgan fingerprint density at radius 3 is 2.72 bits per heavy atom. The van der Waals surface area contributed by atoms with Crippen molar-refractivity contribution in [3.8, 4) is 17.1 Å². The highest BCUT2D eigenvalue weighted by molar-refractivity contribution is 6.05. The largest absolute Gasteiger partial charge is 0.479 e. The van der Waals surface area contributed by atoms with Gasteiger partial charge in [-0.2, -0.15) is 10.2 Å². The van der Waals surface area contributed by atoms with E-state index in [0.717, 1.165) is 39.2 Å². The van der Waals surface area contributed by atoms with Gasteiger partial charge in [0.25, 0.3) is 0 Å². The molecule has 0 fully saturated rings. The van der Waals surface area contributed by atoms with E-state index in [4.69, 9.17) is 25.2 Å². The molecule has 39 heavy (non-hydrogen) atoms. The standard InChI is InChI=1S/C28H40N8O3/c1-9-38-27(29)20-10-11-22-21-12-23(31-17(4)26(21)33-32-22)25-16(3)34-36(8)28(25)39-19(6)18(5)35(7)13-24(20)30-15(2)14-37/h10-12,15,18-19,37H,9,13-14,29H2,1-8H3,(H,32,33)/b11-10+,27-20+,30-24?/t15-,18+,19+/m0/s1. The number of nitrogens with one attached hydrogen (secondary N) is 1. The molecule has 11 nitrogen and oxygen atoms in total. The Kier molecular flexibility index (Phi) is 8.41. The quantitative estimate of drug-likeness (QED) is 0.432. The fourth-order valence-corrected chi connectivity index (χ4v) is 4.75. The average molecular weight is 537 g/mol. The summed E-state index contributed by atoms with van der Waals surface area (Å²) in [5.41, 5.74) is 12.6. The highest BCUT2D eigenvalue weighted by Crippen LogP contribution is 2.35. The van der Waals surface area contributed by atoms with Gasteiger partial charge >= 0.3 is 0 Å². The zero-order chi connectivity index (χ0) is 28.4. The summed E-state index contributed by atoms with van der Waals surface area (Å²) in [5, 5.41) is 23.0. The minimum Gasteiger partial charge on any atom is -0.479 e. The Morgan fingerprint density at radius 1 is 1.28 bits per heavy atom. The van der Waals surface area contributed by atoms with Crippen LogP contribution in [0.25, 0.3) is 28.2 Å². The number of aromatic nitrogens is 5. The predicted molar refractivity (Wildman–Crippen MR) is 154 cm³/mol. The first-order chi connectivity index (χ1) is 18.5. The molecule has 0 saturated carbocycles. The van der Waals surface area contributed by atoms with E-state index in [-0.39, 0.29) is 30.7 Å². The van der Waals surface area contributed by atoms with Gasteiger partial charge < -0.3 is 20.3 Å². The third-order valence-electron chi connectivity index (χ3n) is 7.18. The lowest BCUT2D eigenvalue weighted by Gasteiger charge is -2.31. The topological polar surface area (TPSA) is 140 Å². The van der Waals surface area contributed by atoms with Crippen LogP contribution in [0.5, 0.6) is 5.88 Å². The molecule has 0 amide bonds. The van der Waals surface area contributed by atoms with Crippen LogP contribution in [0.2, 0.25) is 0 Å². The molecule has 1 aliphatic heterocycles. The second kappa shape index (κ2) is 11.6. The van der Waals surface area contributed by atoms with Gasteiger partial charge in [-0.15, -0.1) is 0 Å². The van der Waals surface area contributed by atoms with E-state index in [0.29, 0.717) is 30.3 Å². The lowest BCUT2D eigenvalue weighted by atomic mass is 10.1. The van der Waals surface area contributed by atoms with E-state index in [2.05, 4.69) is 27.1 Å². The molecule has 0 radical (unpaired) electrons. The monoisotopic (exact) mass is 536 g/mol. The molecule has 210 valence electrons. The number of ether oxygens (including phenoxy) is 2. The number of H-pyrrole nitrogens is 1. The molecular formula is C28H40N8O3. The number of nitrogens with two attached hydrogens (primary N) is 1. The summed E-state index contributed by atoms with van der Waals surface area (Å²) in [4.78, 5) is 11.9. The molecule has 0 aliphatic carbocycles. The maximum Gasteiger partial charge on any atom is 0.221 e. The fourth-order valence-electron chi connectivity index (χ4n) is 4.75. The molecule has 11 heteroatoms. The van der Waals surface area contributed by atoms with E-state index < -0.39 is 0 Å². The molecule has 4 rings (SSSR count). The van der Waals surface area contributed by atoms with Crippen molar-refractivity contribution in [2.45, 2.75) is 59.7 Å². The van der Waals surface area contributed by atoms with Crippen molar-refractivity contribution >= 4 is 22.7 Å². The first-order valence-corrected chi connectivity index (χ1v) is 13.3. The summed E-state index contributed by atoms with van der Waals surface area (Å²) in [6.45, 7) is 12.6. The first kappa shape index (κ1) is 28.3. The maximum atomic E-state index is 9.80. The van der Waals surface area contributed by atoms with Crippen LogP contribution in [0.4, 0.5) is 0 Å². The van der Waals surface area contributed by atoms with Gasteiger partial charge in [-0.1, -0.05) is 0 Å². The molecular weight excluding hydrogens is 496 g/mol. The van der Waals surface area contributed by atoms with E-state index in [1.807, 2.05) is 66.9 Å². The summed E-state index contributed by atoms with van der Waals surface area (Å²) in [5.74, 6) is 0.926. The number of allylic oxidation sites excluding steroid dienone is 1. The highest BCUT2D eigenvalue weighted by Gasteiger charge is 2.27. The van der Waals surface area contributed by atoms with Gasteiger partial charge in [0, 0.05) is 25.0 Å². The second-order valence-corrected chi connectivity index (χ2v) is 10.1. The Balaban J connectivity index is 2.00. The van der Waals surface area contributed by atoms with E-state index >= 15 is 0 Å². The first-order valence-electron chi connectivity index (χ1n) is 13.3. The van der Waals surface area contributed by atoms with E-state index in [1.54, 1.807) is 4.68 Å². The third-order valence-corrected chi connectivity index (χ3v) is 7.18. The third kappa shape index (κ3) is 5.69. The number of likely N-dealkylation sites (N-methyl/N-ethyl adjacent to an activating group) is 1. The number of aliphatic imine (C=N–C) groups is 1. The van der Waals surface area contributed by atoms with Crippen molar-refractivity contribution in [1.82, 2.24) is 29.9 Å². The van der Waals surface area contributed by atoms with Crippen molar-refractivity contribution in [3.63, 3.8) is 0 Å². The van der Waals surface area contributed by atoms with E-state index in [1.165, 1.54) is 0 Å². The van der Waals surface area contributed by atoms with Crippen LogP contribution in [0.3, 0.4) is 0 Å². The number of aliphatic hydroxyl groups excluding tert-OH is 1. The molecule has 3 aromatic heterocycles. The summed E-state index contributed by atoms with van der Waals surface area (Å²) in [6.07, 6.45) is 3.62. The lowest BCUT2D eigenvalue weighted by Crippen LogP contribution is -2.43. The number of pyridine rings is 1. The van der Waals surface area contributed by atoms with Gasteiger partial charge in [-0.05, 0) is 66.8 Å².